The lowest BCUT2D eigenvalue weighted by Crippen LogP contribution is -2.29. The van der Waals surface area contributed by atoms with Gasteiger partial charge < -0.3 is 16.0 Å². The summed E-state index contributed by atoms with van der Waals surface area (Å²) in [5.41, 5.74) is 12.4. The molecule has 0 aliphatic carbocycles. The Morgan fingerprint density at radius 3 is 2.96 bits per heavy atom. The van der Waals surface area contributed by atoms with Crippen molar-refractivity contribution in [3.63, 3.8) is 0 Å². The first-order chi connectivity index (χ1) is 13.6. The molecule has 0 saturated carbocycles. The van der Waals surface area contributed by atoms with Crippen LogP contribution in [0.3, 0.4) is 0 Å². The number of aryl methyl sites for hydroxylation is 1. The molecule has 1 amide bonds. The van der Waals surface area contributed by atoms with E-state index in [1.54, 1.807) is 11.3 Å². The highest BCUT2D eigenvalue weighted by molar-refractivity contribution is 7.09. The van der Waals surface area contributed by atoms with Crippen LogP contribution in [-0.2, 0) is 24.2 Å². The molecule has 4 rings (SSSR count). The Balaban J connectivity index is 1.41. The Morgan fingerprint density at radius 2 is 2.11 bits per heavy atom. The maximum Gasteiger partial charge on any atom is 0.231 e. The van der Waals surface area contributed by atoms with E-state index in [9.17, 15) is 4.79 Å². The van der Waals surface area contributed by atoms with Gasteiger partial charge in [0.05, 0.1) is 18.7 Å². The molecule has 3 N–H and O–H groups in total. The van der Waals surface area contributed by atoms with Crippen LogP contribution in [0, 0.1) is 6.92 Å². The molecule has 1 aromatic heterocycles. The molecule has 2 heterocycles. The molecule has 1 aliphatic heterocycles. The number of para-hydroxylation sites is 1. The smallest absolute Gasteiger partial charge is 0.231 e. The van der Waals surface area contributed by atoms with E-state index in [2.05, 4.69) is 26.6 Å². The number of hydrogen-bond donors (Lipinski definition) is 2. The first kappa shape index (κ1) is 18.5. The Kier molecular flexibility index (Phi) is 5.30. The number of carbonyl (C=O) groups excluding carboxylic acids is 1. The lowest BCUT2D eigenvalue weighted by atomic mass is 10.00. The normalized spacial score (nSPS) is 13.2. The Morgan fingerprint density at radius 1 is 1.25 bits per heavy atom. The van der Waals surface area contributed by atoms with Crippen LogP contribution < -0.4 is 16.0 Å². The maximum atomic E-state index is 12.4. The van der Waals surface area contributed by atoms with Gasteiger partial charge in [-0.2, -0.15) is 0 Å². The summed E-state index contributed by atoms with van der Waals surface area (Å²) in [6, 6.07) is 13.9. The molecule has 3 aromatic rings. The summed E-state index contributed by atoms with van der Waals surface area (Å²) < 4.78 is 0. The molecule has 6 heteroatoms. The number of nitrogens with one attached hydrogen (secondary N) is 1. The molecule has 2 aromatic carbocycles. The van der Waals surface area contributed by atoms with Crippen molar-refractivity contribution in [2.24, 2.45) is 0 Å². The predicted octanol–water partition coefficient (Wildman–Crippen LogP) is 4.17. The van der Waals surface area contributed by atoms with Gasteiger partial charge in [-0.05, 0) is 49.1 Å². The molecule has 0 unspecified atom stereocenters. The standard InChI is InChI=1S/C22H24N4OS/c1-15-6-2-3-9-19(15)25-21(27)12-22-24-16(14-28-22)13-26-11-5-7-17-18(23)8-4-10-20(17)26/h2-4,6,8-10,14H,5,7,11-13,23H2,1H3,(H,25,27). The van der Waals surface area contributed by atoms with Crippen LogP contribution in [0.1, 0.15) is 28.2 Å². The SMILES string of the molecule is Cc1ccccc1NC(=O)Cc1nc(CN2CCCc3c(N)cccc32)cs1. The number of nitrogen functional groups attached to an aromatic ring is 1. The summed E-state index contributed by atoms with van der Waals surface area (Å²) in [6.45, 7) is 3.73. The summed E-state index contributed by atoms with van der Waals surface area (Å²) in [5, 5.41) is 5.86. The molecular formula is C22H24N4OS. The van der Waals surface area contributed by atoms with Crippen LogP contribution in [0.4, 0.5) is 17.1 Å². The first-order valence-corrected chi connectivity index (χ1v) is 10.4. The van der Waals surface area contributed by atoms with Crippen LogP contribution in [0.25, 0.3) is 0 Å². The fourth-order valence-corrected chi connectivity index (χ4v) is 4.42. The maximum absolute atomic E-state index is 12.4. The third kappa shape index (κ3) is 4.02. The van der Waals surface area contributed by atoms with Gasteiger partial charge in [-0.1, -0.05) is 24.3 Å². The van der Waals surface area contributed by atoms with Gasteiger partial charge in [0, 0.05) is 29.0 Å². The second kappa shape index (κ2) is 8.02. The van der Waals surface area contributed by atoms with E-state index in [0.29, 0.717) is 6.42 Å². The van der Waals surface area contributed by atoms with Crippen LogP contribution in [-0.4, -0.2) is 17.4 Å². The Hall–Kier alpha value is -2.86. The highest BCUT2D eigenvalue weighted by atomic mass is 32.1. The van der Waals surface area contributed by atoms with E-state index in [0.717, 1.165) is 53.6 Å². The van der Waals surface area contributed by atoms with Crippen molar-refractivity contribution < 1.29 is 4.79 Å². The second-order valence-electron chi connectivity index (χ2n) is 7.14. The highest BCUT2D eigenvalue weighted by Gasteiger charge is 2.19. The average Bonchev–Trinajstić information content (AvgIpc) is 3.11. The number of amides is 1. The van der Waals surface area contributed by atoms with Crippen LogP contribution in [0.15, 0.2) is 47.8 Å². The third-order valence-corrected chi connectivity index (χ3v) is 5.96. The minimum absolute atomic E-state index is 0.0358. The molecule has 0 spiro atoms. The van der Waals surface area contributed by atoms with Gasteiger partial charge in [0.25, 0.3) is 0 Å². The Labute approximate surface area is 169 Å². The molecule has 144 valence electrons. The van der Waals surface area contributed by atoms with Crippen molar-refractivity contribution in [3.8, 4) is 0 Å². The lowest BCUT2D eigenvalue weighted by molar-refractivity contribution is -0.115. The molecule has 5 nitrogen and oxygen atoms in total. The minimum atomic E-state index is -0.0358. The van der Waals surface area contributed by atoms with Gasteiger partial charge in [-0.15, -0.1) is 11.3 Å². The Bertz CT molecular complexity index is 998. The summed E-state index contributed by atoms with van der Waals surface area (Å²) in [7, 11) is 0. The van der Waals surface area contributed by atoms with Crippen LogP contribution in [0.5, 0.6) is 0 Å². The quantitative estimate of drug-likeness (QED) is 0.640. The molecule has 0 atom stereocenters. The summed E-state index contributed by atoms with van der Waals surface area (Å²) in [4.78, 5) is 19.4. The van der Waals surface area contributed by atoms with Crippen LogP contribution in [0.2, 0.25) is 0 Å². The van der Waals surface area contributed by atoms with Gasteiger partial charge in [0.1, 0.15) is 5.01 Å². The number of rotatable bonds is 5. The highest BCUT2D eigenvalue weighted by Crippen LogP contribution is 2.32. The molecule has 0 bridgehead atoms. The zero-order chi connectivity index (χ0) is 19.5. The van der Waals surface area contributed by atoms with Crippen LogP contribution >= 0.6 is 11.3 Å². The number of hydrogen-bond acceptors (Lipinski definition) is 5. The van der Waals surface area contributed by atoms with Crippen molar-refractivity contribution in [3.05, 3.63) is 69.7 Å². The third-order valence-electron chi connectivity index (χ3n) is 5.07. The molecule has 28 heavy (non-hydrogen) atoms. The molecular weight excluding hydrogens is 368 g/mol. The van der Waals surface area contributed by atoms with Gasteiger partial charge in [0.15, 0.2) is 0 Å². The van der Waals surface area contributed by atoms with E-state index in [1.807, 2.05) is 43.3 Å². The van der Waals surface area contributed by atoms with Gasteiger partial charge >= 0.3 is 0 Å². The van der Waals surface area contributed by atoms with Crippen molar-refractivity contribution in [1.29, 1.82) is 0 Å². The van der Waals surface area contributed by atoms with Crippen molar-refractivity contribution >= 4 is 34.3 Å². The summed E-state index contributed by atoms with van der Waals surface area (Å²) in [6.07, 6.45) is 2.42. The van der Waals surface area contributed by atoms with E-state index in [4.69, 9.17) is 5.73 Å². The number of nitrogens with two attached hydrogens (primary N) is 1. The van der Waals surface area contributed by atoms with E-state index < -0.39 is 0 Å². The summed E-state index contributed by atoms with van der Waals surface area (Å²) >= 11 is 1.54. The molecule has 0 fully saturated rings. The predicted molar refractivity (Wildman–Crippen MR) is 116 cm³/mol. The molecule has 0 radical (unpaired) electrons. The zero-order valence-corrected chi connectivity index (χ0v) is 16.8. The molecule has 1 aliphatic rings. The summed E-state index contributed by atoms with van der Waals surface area (Å²) in [5.74, 6) is -0.0358. The fraction of sp³-hybridized carbons (Fsp3) is 0.273. The molecule has 0 saturated heterocycles. The van der Waals surface area contributed by atoms with E-state index in [-0.39, 0.29) is 5.91 Å². The number of thiazole rings is 1. The largest absolute Gasteiger partial charge is 0.398 e. The number of anilines is 3. The van der Waals surface area contributed by atoms with Crippen molar-refractivity contribution in [2.45, 2.75) is 32.7 Å². The van der Waals surface area contributed by atoms with E-state index >= 15 is 0 Å². The second-order valence-corrected chi connectivity index (χ2v) is 8.09. The monoisotopic (exact) mass is 392 g/mol. The lowest BCUT2D eigenvalue weighted by Gasteiger charge is -2.31. The van der Waals surface area contributed by atoms with Gasteiger partial charge in [0.2, 0.25) is 5.91 Å². The topological polar surface area (TPSA) is 71.2 Å². The zero-order valence-electron chi connectivity index (χ0n) is 15.9. The minimum Gasteiger partial charge on any atom is -0.398 e. The van der Waals surface area contributed by atoms with Crippen molar-refractivity contribution in [2.75, 3.05) is 22.5 Å². The fourth-order valence-electron chi connectivity index (χ4n) is 3.64. The number of nitrogens with zero attached hydrogens (tertiary/aromatic N) is 2. The first-order valence-electron chi connectivity index (χ1n) is 9.51. The van der Waals surface area contributed by atoms with E-state index in [1.165, 1.54) is 11.3 Å². The van der Waals surface area contributed by atoms with Gasteiger partial charge in [-0.3, -0.25) is 4.79 Å². The number of fused-ring (bicyclic) bond motifs is 1. The number of carbonyl (C=O) groups is 1. The van der Waals surface area contributed by atoms with Crippen molar-refractivity contribution in [1.82, 2.24) is 4.98 Å². The number of aromatic nitrogens is 1. The van der Waals surface area contributed by atoms with Gasteiger partial charge in [-0.25, -0.2) is 4.98 Å². The number of benzene rings is 2. The average molecular weight is 393 g/mol.